The fraction of sp³-hybridized carbons (Fsp3) is 0.333. The zero-order chi connectivity index (χ0) is 15.2. The molecule has 0 saturated heterocycles. The maximum absolute atomic E-state index is 5.92. The van der Waals surface area contributed by atoms with Crippen molar-refractivity contribution in [1.29, 1.82) is 0 Å². The first kappa shape index (κ1) is 15.2. The quantitative estimate of drug-likeness (QED) is 0.780. The topological polar surface area (TPSA) is 47.3 Å². The van der Waals surface area contributed by atoms with Crippen LogP contribution in [0.5, 0.6) is 5.75 Å². The van der Waals surface area contributed by atoms with Crippen molar-refractivity contribution in [2.45, 2.75) is 39.8 Å². The molecule has 2 aromatic carbocycles. The first-order chi connectivity index (χ1) is 10.1. The molecule has 0 fully saturated rings. The number of hydrogen-bond donors (Lipinski definition) is 2. The molecule has 0 heterocycles. The van der Waals surface area contributed by atoms with Crippen LogP contribution in [0.15, 0.2) is 42.5 Å². The van der Waals surface area contributed by atoms with Crippen molar-refractivity contribution in [1.82, 2.24) is 0 Å². The van der Waals surface area contributed by atoms with E-state index in [-0.39, 0.29) is 6.10 Å². The number of anilines is 2. The van der Waals surface area contributed by atoms with Crippen LogP contribution in [0.1, 0.15) is 31.9 Å². The van der Waals surface area contributed by atoms with Gasteiger partial charge in [-0.1, -0.05) is 31.2 Å². The molecule has 0 spiro atoms. The predicted octanol–water partition coefficient (Wildman–Crippen LogP) is 4.23. The zero-order valence-corrected chi connectivity index (χ0v) is 13.0. The lowest BCUT2D eigenvalue weighted by Gasteiger charge is -2.14. The van der Waals surface area contributed by atoms with Gasteiger partial charge in [0.15, 0.2) is 0 Å². The van der Waals surface area contributed by atoms with Crippen molar-refractivity contribution in [3.8, 4) is 5.75 Å². The largest absolute Gasteiger partial charge is 0.489 e. The molecule has 0 aliphatic carbocycles. The molecule has 0 aromatic heterocycles. The second-order valence-corrected chi connectivity index (χ2v) is 5.44. The van der Waals surface area contributed by atoms with Gasteiger partial charge in [0.1, 0.15) is 5.75 Å². The van der Waals surface area contributed by atoms with Gasteiger partial charge in [-0.2, -0.15) is 0 Å². The highest BCUT2D eigenvalue weighted by Gasteiger charge is 2.04. The number of nitrogens with one attached hydrogen (secondary N) is 1. The Balaban J connectivity index is 2.02. The summed E-state index contributed by atoms with van der Waals surface area (Å²) in [5, 5.41) is 3.40. The number of benzene rings is 2. The highest BCUT2D eigenvalue weighted by atomic mass is 16.5. The molecule has 3 heteroatoms. The molecule has 0 saturated carbocycles. The average molecular weight is 284 g/mol. The summed E-state index contributed by atoms with van der Waals surface area (Å²) in [6.45, 7) is 6.94. The molecule has 2 rings (SSSR count). The van der Waals surface area contributed by atoms with Gasteiger partial charge in [0.2, 0.25) is 0 Å². The third-order valence-electron chi connectivity index (χ3n) is 3.30. The van der Waals surface area contributed by atoms with Gasteiger partial charge in [0, 0.05) is 18.3 Å². The summed E-state index contributed by atoms with van der Waals surface area (Å²) in [4.78, 5) is 0. The number of rotatable bonds is 6. The fourth-order valence-corrected chi connectivity index (χ4v) is 2.10. The molecule has 0 aliphatic rings. The molecule has 3 N–H and O–H groups in total. The highest BCUT2D eigenvalue weighted by Crippen LogP contribution is 2.26. The van der Waals surface area contributed by atoms with Crippen molar-refractivity contribution in [2.24, 2.45) is 0 Å². The van der Waals surface area contributed by atoms with Crippen molar-refractivity contribution in [2.75, 3.05) is 11.1 Å². The van der Waals surface area contributed by atoms with Crippen LogP contribution in [0.4, 0.5) is 11.4 Å². The number of hydrogen-bond acceptors (Lipinski definition) is 3. The normalized spacial score (nSPS) is 10.7. The Morgan fingerprint density at radius 1 is 1.05 bits per heavy atom. The van der Waals surface area contributed by atoms with Gasteiger partial charge in [-0.05, 0) is 43.5 Å². The van der Waals surface area contributed by atoms with Crippen molar-refractivity contribution >= 4 is 11.4 Å². The van der Waals surface area contributed by atoms with Crippen LogP contribution in [0.25, 0.3) is 0 Å². The summed E-state index contributed by atoms with van der Waals surface area (Å²) in [6, 6.07) is 14.5. The van der Waals surface area contributed by atoms with E-state index in [1.807, 2.05) is 32.0 Å². The van der Waals surface area contributed by atoms with E-state index in [4.69, 9.17) is 10.5 Å². The molecule has 0 unspecified atom stereocenters. The molecule has 2 aromatic rings. The summed E-state index contributed by atoms with van der Waals surface area (Å²) in [6.07, 6.45) is 1.19. The van der Waals surface area contributed by atoms with E-state index in [0.29, 0.717) is 5.69 Å². The number of nitrogens with two attached hydrogens (primary N) is 1. The standard InChI is InChI=1S/C18H24N2O/c1-4-14-5-7-15(8-6-14)12-20-16-9-10-17(19)18(11-16)21-13(2)3/h5-11,13,20H,4,12,19H2,1-3H3. The zero-order valence-electron chi connectivity index (χ0n) is 13.0. The van der Waals surface area contributed by atoms with Crippen molar-refractivity contribution in [3.05, 3.63) is 53.6 Å². The van der Waals surface area contributed by atoms with Gasteiger partial charge in [0.25, 0.3) is 0 Å². The Bertz CT molecular complexity index is 576. The van der Waals surface area contributed by atoms with Crippen LogP contribution >= 0.6 is 0 Å². The molecule has 0 bridgehead atoms. The van der Waals surface area contributed by atoms with E-state index >= 15 is 0 Å². The van der Waals surface area contributed by atoms with Crippen molar-refractivity contribution < 1.29 is 4.74 Å². The van der Waals surface area contributed by atoms with Gasteiger partial charge in [-0.15, -0.1) is 0 Å². The maximum atomic E-state index is 5.92. The Morgan fingerprint density at radius 3 is 2.33 bits per heavy atom. The average Bonchev–Trinajstić information content (AvgIpc) is 2.48. The first-order valence-corrected chi connectivity index (χ1v) is 7.46. The minimum atomic E-state index is 0.115. The van der Waals surface area contributed by atoms with Crippen LogP contribution in [-0.4, -0.2) is 6.10 Å². The Labute approximate surface area is 127 Å². The molecule has 112 valence electrons. The van der Waals surface area contributed by atoms with Gasteiger partial charge < -0.3 is 15.8 Å². The van der Waals surface area contributed by atoms with E-state index < -0.39 is 0 Å². The molecule has 0 atom stereocenters. The van der Waals surface area contributed by atoms with Crippen LogP contribution in [0, 0.1) is 0 Å². The first-order valence-electron chi connectivity index (χ1n) is 7.46. The molecular formula is C18H24N2O. The summed E-state index contributed by atoms with van der Waals surface area (Å²) in [5.74, 6) is 0.733. The molecular weight excluding hydrogens is 260 g/mol. The number of aryl methyl sites for hydroxylation is 1. The summed E-state index contributed by atoms with van der Waals surface area (Å²) in [5.41, 5.74) is 10.2. The highest BCUT2D eigenvalue weighted by molar-refractivity contribution is 5.61. The maximum Gasteiger partial charge on any atom is 0.144 e. The number of nitrogen functional groups attached to an aromatic ring is 1. The molecule has 21 heavy (non-hydrogen) atoms. The summed E-state index contributed by atoms with van der Waals surface area (Å²) < 4.78 is 5.70. The van der Waals surface area contributed by atoms with Crippen LogP contribution in [-0.2, 0) is 13.0 Å². The summed E-state index contributed by atoms with van der Waals surface area (Å²) >= 11 is 0. The van der Waals surface area contributed by atoms with Gasteiger partial charge in [-0.25, -0.2) is 0 Å². The van der Waals surface area contributed by atoms with Crippen LogP contribution in [0.3, 0.4) is 0 Å². The smallest absolute Gasteiger partial charge is 0.144 e. The van der Waals surface area contributed by atoms with Gasteiger partial charge >= 0.3 is 0 Å². The SMILES string of the molecule is CCc1ccc(CNc2ccc(N)c(OC(C)C)c2)cc1. The van der Waals surface area contributed by atoms with E-state index in [9.17, 15) is 0 Å². The predicted molar refractivity (Wildman–Crippen MR) is 89.8 cm³/mol. The third-order valence-corrected chi connectivity index (χ3v) is 3.30. The van der Waals surface area contributed by atoms with E-state index in [2.05, 4.69) is 36.5 Å². The fourth-order valence-electron chi connectivity index (χ4n) is 2.10. The van der Waals surface area contributed by atoms with E-state index in [0.717, 1.165) is 24.4 Å². The van der Waals surface area contributed by atoms with E-state index in [1.165, 1.54) is 11.1 Å². The lowest BCUT2D eigenvalue weighted by molar-refractivity contribution is 0.244. The van der Waals surface area contributed by atoms with Gasteiger partial charge in [0.05, 0.1) is 11.8 Å². The van der Waals surface area contributed by atoms with Crippen molar-refractivity contribution in [3.63, 3.8) is 0 Å². The van der Waals surface area contributed by atoms with Gasteiger partial charge in [-0.3, -0.25) is 0 Å². The molecule has 0 radical (unpaired) electrons. The monoisotopic (exact) mass is 284 g/mol. The van der Waals surface area contributed by atoms with Crippen LogP contribution < -0.4 is 15.8 Å². The molecule has 3 nitrogen and oxygen atoms in total. The van der Waals surface area contributed by atoms with E-state index in [1.54, 1.807) is 0 Å². The molecule has 0 aliphatic heterocycles. The lowest BCUT2D eigenvalue weighted by atomic mass is 10.1. The Morgan fingerprint density at radius 2 is 1.71 bits per heavy atom. The Kier molecular flexibility index (Phi) is 5.09. The van der Waals surface area contributed by atoms with Crippen LogP contribution in [0.2, 0.25) is 0 Å². The second-order valence-electron chi connectivity index (χ2n) is 5.44. The second kappa shape index (κ2) is 7.02. The minimum absolute atomic E-state index is 0.115. The minimum Gasteiger partial charge on any atom is -0.489 e. The lowest BCUT2D eigenvalue weighted by Crippen LogP contribution is -2.08. The molecule has 0 amide bonds. The summed E-state index contributed by atoms with van der Waals surface area (Å²) in [7, 11) is 0. The third kappa shape index (κ3) is 4.42. The number of ether oxygens (including phenoxy) is 1. The Hall–Kier alpha value is -2.16.